The number of hydrogen-bond donors (Lipinski definition) is 0. The Morgan fingerprint density at radius 1 is 1.07 bits per heavy atom. The maximum atomic E-state index is 6.10. The molecule has 0 radical (unpaired) electrons. The molecule has 0 N–H and O–H groups in total. The van der Waals surface area contributed by atoms with E-state index in [1.807, 2.05) is 0 Å². The van der Waals surface area contributed by atoms with Gasteiger partial charge in [0.1, 0.15) is 0 Å². The average molecular weight is 198 g/mol. The summed E-state index contributed by atoms with van der Waals surface area (Å²) in [7, 11) is 0. The smallest absolute Gasteiger partial charge is 0.0584 e. The van der Waals surface area contributed by atoms with Crippen LogP contribution in [-0.2, 0) is 4.74 Å². The van der Waals surface area contributed by atoms with Crippen LogP contribution in [0.3, 0.4) is 0 Å². The van der Waals surface area contributed by atoms with E-state index in [1.54, 1.807) is 0 Å². The van der Waals surface area contributed by atoms with Gasteiger partial charge in [0.2, 0.25) is 0 Å². The lowest BCUT2D eigenvalue weighted by atomic mass is 9.80. The van der Waals surface area contributed by atoms with Crippen LogP contribution in [0.4, 0.5) is 0 Å². The fourth-order valence-electron chi connectivity index (χ4n) is 2.32. The van der Waals surface area contributed by atoms with Crippen LogP contribution in [0.2, 0.25) is 0 Å². The predicted molar refractivity (Wildman–Crippen MR) is 61.5 cm³/mol. The summed E-state index contributed by atoms with van der Waals surface area (Å²) in [4.78, 5) is 0. The molecule has 1 aliphatic rings. The van der Waals surface area contributed by atoms with Crippen LogP contribution in [0.1, 0.15) is 65.7 Å². The minimum absolute atomic E-state index is 0.549. The Kier molecular flexibility index (Phi) is 5.54. The summed E-state index contributed by atoms with van der Waals surface area (Å²) in [6.07, 6.45) is 10.1. The first-order valence-electron chi connectivity index (χ1n) is 6.45. The predicted octanol–water partition coefficient (Wildman–Crippen LogP) is 4.16. The molecule has 1 nitrogen and oxygen atoms in total. The molecule has 1 heteroatoms. The number of ether oxygens (including phenoxy) is 1. The third kappa shape index (κ3) is 3.61. The van der Waals surface area contributed by atoms with E-state index in [4.69, 9.17) is 4.74 Å². The van der Waals surface area contributed by atoms with Crippen LogP contribution in [0.25, 0.3) is 0 Å². The summed E-state index contributed by atoms with van der Waals surface area (Å²) in [5.74, 6) is 0.962. The van der Waals surface area contributed by atoms with Gasteiger partial charge in [-0.2, -0.15) is 0 Å². The molecule has 0 saturated heterocycles. The Morgan fingerprint density at radius 3 is 2.07 bits per heavy atom. The maximum absolute atomic E-state index is 6.10. The molecule has 0 amide bonds. The number of hydrogen-bond acceptors (Lipinski definition) is 1. The van der Waals surface area contributed by atoms with Crippen molar-refractivity contribution in [2.75, 3.05) is 0 Å². The van der Waals surface area contributed by atoms with E-state index in [0.717, 1.165) is 5.92 Å². The molecule has 1 saturated carbocycles. The first kappa shape index (κ1) is 12.0. The minimum atomic E-state index is 0.549. The first-order chi connectivity index (χ1) is 6.80. The van der Waals surface area contributed by atoms with Crippen molar-refractivity contribution in [3.8, 4) is 0 Å². The van der Waals surface area contributed by atoms with Gasteiger partial charge in [0.15, 0.2) is 0 Å². The first-order valence-corrected chi connectivity index (χ1v) is 6.45. The zero-order valence-corrected chi connectivity index (χ0v) is 10.1. The van der Waals surface area contributed by atoms with Crippen LogP contribution >= 0.6 is 0 Å². The van der Waals surface area contributed by atoms with Crippen LogP contribution in [0.5, 0.6) is 0 Å². The second kappa shape index (κ2) is 6.44. The maximum Gasteiger partial charge on any atom is 0.0584 e. The van der Waals surface area contributed by atoms with Gasteiger partial charge in [-0.25, -0.2) is 0 Å². The second-order valence-electron chi connectivity index (χ2n) is 4.70. The summed E-state index contributed by atoms with van der Waals surface area (Å²) in [5, 5.41) is 0. The van der Waals surface area contributed by atoms with Crippen molar-refractivity contribution in [2.45, 2.75) is 77.9 Å². The van der Waals surface area contributed by atoms with Crippen LogP contribution < -0.4 is 0 Å². The lowest BCUT2D eigenvalue weighted by Crippen LogP contribution is -2.34. The van der Waals surface area contributed by atoms with E-state index in [1.165, 1.54) is 44.9 Å². The van der Waals surface area contributed by atoms with Gasteiger partial charge in [-0.15, -0.1) is 0 Å². The van der Waals surface area contributed by atoms with Gasteiger partial charge >= 0.3 is 0 Å². The van der Waals surface area contributed by atoms with Gasteiger partial charge in [-0.05, 0) is 31.6 Å². The van der Waals surface area contributed by atoms with Crippen molar-refractivity contribution in [3.05, 3.63) is 0 Å². The topological polar surface area (TPSA) is 9.23 Å². The molecule has 1 rings (SSSR count). The molecule has 0 aromatic rings. The monoisotopic (exact) mass is 198 g/mol. The van der Waals surface area contributed by atoms with Crippen LogP contribution in [0.15, 0.2) is 0 Å². The normalized spacial score (nSPS) is 26.6. The Labute approximate surface area is 89.2 Å². The van der Waals surface area contributed by atoms with E-state index in [2.05, 4.69) is 20.8 Å². The van der Waals surface area contributed by atoms with E-state index in [0.29, 0.717) is 12.2 Å². The highest BCUT2D eigenvalue weighted by Crippen LogP contribution is 2.34. The SMILES string of the molecule is CCCC(CCC)OC1CC(CC)C1. The van der Waals surface area contributed by atoms with Crippen molar-refractivity contribution < 1.29 is 4.74 Å². The fraction of sp³-hybridized carbons (Fsp3) is 1.00. The fourth-order valence-corrected chi connectivity index (χ4v) is 2.32. The molecule has 14 heavy (non-hydrogen) atoms. The molecule has 0 bridgehead atoms. The Morgan fingerprint density at radius 2 is 1.64 bits per heavy atom. The van der Waals surface area contributed by atoms with Crippen molar-refractivity contribution in [3.63, 3.8) is 0 Å². The molecule has 0 aliphatic heterocycles. The third-order valence-corrected chi connectivity index (χ3v) is 3.38. The summed E-state index contributed by atoms with van der Waals surface area (Å²) in [6, 6.07) is 0. The molecule has 0 aromatic heterocycles. The molecule has 84 valence electrons. The highest BCUT2D eigenvalue weighted by atomic mass is 16.5. The van der Waals surface area contributed by atoms with Crippen molar-refractivity contribution in [1.29, 1.82) is 0 Å². The molecule has 1 aliphatic carbocycles. The lowest BCUT2D eigenvalue weighted by Gasteiger charge is -2.37. The minimum Gasteiger partial charge on any atom is -0.375 e. The zero-order chi connectivity index (χ0) is 10.4. The quantitative estimate of drug-likeness (QED) is 0.597. The van der Waals surface area contributed by atoms with Crippen molar-refractivity contribution in [1.82, 2.24) is 0 Å². The Hall–Kier alpha value is -0.0400. The van der Waals surface area contributed by atoms with Gasteiger partial charge in [0.25, 0.3) is 0 Å². The lowest BCUT2D eigenvalue weighted by molar-refractivity contribution is -0.0816. The second-order valence-corrected chi connectivity index (χ2v) is 4.70. The summed E-state index contributed by atoms with van der Waals surface area (Å²) in [5.41, 5.74) is 0. The molecule has 1 fully saturated rings. The van der Waals surface area contributed by atoms with E-state index >= 15 is 0 Å². The van der Waals surface area contributed by atoms with Crippen LogP contribution in [0, 0.1) is 5.92 Å². The molecule has 0 unspecified atom stereocenters. The largest absolute Gasteiger partial charge is 0.375 e. The summed E-state index contributed by atoms with van der Waals surface area (Å²) >= 11 is 0. The van der Waals surface area contributed by atoms with E-state index in [9.17, 15) is 0 Å². The molecule has 0 spiro atoms. The van der Waals surface area contributed by atoms with Gasteiger partial charge in [0.05, 0.1) is 12.2 Å². The van der Waals surface area contributed by atoms with Gasteiger partial charge in [-0.1, -0.05) is 40.0 Å². The zero-order valence-electron chi connectivity index (χ0n) is 10.1. The van der Waals surface area contributed by atoms with Crippen molar-refractivity contribution >= 4 is 0 Å². The van der Waals surface area contributed by atoms with Crippen molar-refractivity contribution in [2.24, 2.45) is 5.92 Å². The average Bonchev–Trinajstić information content (AvgIpc) is 2.11. The standard InChI is InChI=1S/C13H26O/c1-4-7-12(8-5-2)14-13-9-11(6-3)10-13/h11-13H,4-10H2,1-3H3. The Balaban J connectivity index is 2.13. The van der Waals surface area contributed by atoms with E-state index in [-0.39, 0.29) is 0 Å². The van der Waals surface area contributed by atoms with Gasteiger partial charge < -0.3 is 4.74 Å². The van der Waals surface area contributed by atoms with Gasteiger partial charge in [0, 0.05) is 0 Å². The third-order valence-electron chi connectivity index (χ3n) is 3.38. The molecular formula is C13H26O. The Bertz CT molecular complexity index is 132. The van der Waals surface area contributed by atoms with Gasteiger partial charge in [-0.3, -0.25) is 0 Å². The van der Waals surface area contributed by atoms with E-state index < -0.39 is 0 Å². The highest BCUT2D eigenvalue weighted by molar-refractivity contribution is 4.80. The molecule has 0 aromatic carbocycles. The molecule has 0 heterocycles. The molecule has 0 atom stereocenters. The van der Waals surface area contributed by atoms with Crippen LogP contribution in [-0.4, -0.2) is 12.2 Å². The highest BCUT2D eigenvalue weighted by Gasteiger charge is 2.29. The number of rotatable bonds is 7. The summed E-state index contributed by atoms with van der Waals surface area (Å²) < 4.78 is 6.10. The molecular weight excluding hydrogens is 172 g/mol. The summed E-state index contributed by atoms with van der Waals surface area (Å²) in [6.45, 7) is 6.79.